The fourth-order valence-electron chi connectivity index (χ4n) is 2.26. The van der Waals surface area contributed by atoms with Gasteiger partial charge in [-0.05, 0) is 24.3 Å². The number of fused-ring (bicyclic) bond motifs is 1. The topological polar surface area (TPSA) is 61.4 Å². The molecule has 0 N–H and O–H groups in total. The predicted octanol–water partition coefficient (Wildman–Crippen LogP) is 2.20. The van der Waals surface area contributed by atoms with Crippen LogP contribution in [0.25, 0.3) is 22.4 Å². The molecule has 0 saturated carbocycles. The molecule has 4 rings (SSSR count). The Kier molecular flexibility index (Phi) is 2.71. The van der Waals surface area contributed by atoms with Gasteiger partial charge in [0, 0.05) is 12.4 Å². The normalized spacial score (nSPS) is 11.0. The minimum atomic E-state index is 0.570. The maximum Gasteiger partial charge on any atom is 0.119 e. The highest BCUT2D eigenvalue weighted by atomic mass is 15.5. The maximum absolute atomic E-state index is 4.39. The Morgan fingerprint density at radius 3 is 2.71 bits per heavy atom. The molecule has 0 bridgehead atoms. The third kappa shape index (κ3) is 2.16. The van der Waals surface area contributed by atoms with E-state index in [1.54, 1.807) is 12.5 Å². The third-order valence-electron chi connectivity index (χ3n) is 3.28. The number of hydrogen-bond acceptors (Lipinski definition) is 4. The van der Waals surface area contributed by atoms with Gasteiger partial charge in [-0.1, -0.05) is 23.4 Å². The molecule has 0 saturated heterocycles. The molecule has 1 aromatic carbocycles. The number of rotatable bonds is 3. The van der Waals surface area contributed by atoms with E-state index in [-0.39, 0.29) is 0 Å². The average Bonchev–Trinajstić information content (AvgIpc) is 3.17. The quantitative estimate of drug-likeness (QED) is 0.575. The summed E-state index contributed by atoms with van der Waals surface area (Å²) in [5.74, 6) is 0. The van der Waals surface area contributed by atoms with Crippen LogP contribution in [0.4, 0.5) is 0 Å². The van der Waals surface area contributed by atoms with Gasteiger partial charge < -0.3 is 4.57 Å². The number of benzene rings is 1. The molecular weight excluding hydrogens is 264 g/mol. The molecule has 0 unspecified atom stereocenters. The van der Waals surface area contributed by atoms with E-state index in [0.717, 1.165) is 22.4 Å². The van der Waals surface area contributed by atoms with E-state index in [1.807, 2.05) is 57.9 Å². The van der Waals surface area contributed by atoms with Crippen LogP contribution in [0.1, 0.15) is 0 Å². The molecule has 0 fully saturated rings. The molecule has 4 aromatic rings. The first-order valence-electron chi connectivity index (χ1n) is 6.61. The minimum Gasteiger partial charge on any atom is -0.317 e. The molecular formula is C15H12N6. The van der Waals surface area contributed by atoms with E-state index in [9.17, 15) is 0 Å². The molecule has 21 heavy (non-hydrogen) atoms. The van der Waals surface area contributed by atoms with E-state index in [0.29, 0.717) is 6.67 Å². The molecule has 0 radical (unpaired) electrons. The largest absolute Gasteiger partial charge is 0.317 e. The summed E-state index contributed by atoms with van der Waals surface area (Å²) in [4.78, 5) is 8.68. The fourth-order valence-corrected chi connectivity index (χ4v) is 2.26. The summed E-state index contributed by atoms with van der Waals surface area (Å²) in [5, 5.41) is 8.32. The average molecular weight is 276 g/mol. The lowest BCUT2D eigenvalue weighted by Crippen LogP contribution is -2.07. The van der Waals surface area contributed by atoms with Gasteiger partial charge in [0.2, 0.25) is 0 Å². The summed E-state index contributed by atoms with van der Waals surface area (Å²) >= 11 is 0. The number of nitrogens with zero attached hydrogens (tertiary/aromatic N) is 6. The van der Waals surface area contributed by atoms with Gasteiger partial charge in [-0.3, -0.25) is 4.98 Å². The Morgan fingerprint density at radius 1 is 0.905 bits per heavy atom. The van der Waals surface area contributed by atoms with Crippen molar-refractivity contribution in [3.63, 3.8) is 0 Å². The van der Waals surface area contributed by atoms with Crippen molar-refractivity contribution in [2.24, 2.45) is 0 Å². The van der Waals surface area contributed by atoms with Crippen molar-refractivity contribution in [1.82, 2.24) is 29.5 Å². The number of para-hydroxylation sites is 1. The van der Waals surface area contributed by atoms with Crippen LogP contribution in [-0.4, -0.2) is 29.5 Å². The Labute approximate surface area is 120 Å². The number of imidazole rings is 1. The first-order valence-corrected chi connectivity index (χ1v) is 6.61. The smallest absolute Gasteiger partial charge is 0.119 e. The lowest BCUT2D eigenvalue weighted by Gasteiger charge is -2.02. The van der Waals surface area contributed by atoms with Crippen LogP contribution >= 0.6 is 0 Å². The fraction of sp³-hybridized carbons (Fsp3) is 0.0667. The second kappa shape index (κ2) is 4.82. The highest BCUT2D eigenvalue weighted by molar-refractivity contribution is 5.73. The Morgan fingerprint density at radius 2 is 1.81 bits per heavy atom. The lowest BCUT2D eigenvalue weighted by atomic mass is 10.3. The molecule has 102 valence electrons. The number of aromatic nitrogens is 6. The molecule has 0 atom stereocenters. The van der Waals surface area contributed by atoms with E-state index in [4.69, 9.17) is 0 Å². The summed E-state index contributed by atoms with van der Waals surface area (Å²) < 4.78 is 3.81. The van der Waals surface area contributed by atoms with Gasteiger partial charge >= 0.3 is 0 Å². The molecule has 0 spiro atoms. The van der Waals surface area contributed by atoms with Gasteiger partial charge in [0.25, 0.3) is 0 Å². The molecule has 0 amide bonds. The van der Waals surface area contributed by atoms with E-state index in [1.165, 1.54) is 0 Å². The van der Waals surface area contributed by atoms with Crippen molar-refractivity contribution in [3.8, 4) is 11.4 Å². The number of pyridine rings is 1. The second-order valence-corrected chi connectivity index (χ2v) is 4.71. The van der Waals surface area contributed by atoms with Crippen LogP contribution in [0.2, 0.25) is 0 Å². The van der Waals surface area contributed by atoms with Crippen molar-refractivity contribution >= 4 is 11.0 Å². The second-order valence-electron chi connectivity index (χ2n) is 4.71. The molecule has 0 aliphatic carbocycles. The van der Waals surface area contributed by atoms with Crippen molar-refractivity contribution in [1.29, 1.82) is 0 Å². The van der Waals surface area contributed by atoms with Gasteiger partial charge in [0.05, 0.1) is 17.5 Å². The molecule has 0 aliphatic rings. The van der Waals surface area contributed by atoms with Crippen LogP contribution < -0.4 is 0 Å². The molecule has 6 heteroatoms. The minimum absolute atomic E-state index is 0.570. The molecule has 0 aliphatic heterocycles. The standard InChI is InChI=1S/C15H12N6/c1-2-7-15-13(6-1)18-19-21(15)11-20-9-14(17-10-20)12-5-3-4-8-16-12/h1-10H,11H2. The summed E-state index contributed by atoms with van der Waals surface area (Å²) in [6.45, 7) is 0.570. The zero-order valence-corrected chi connectivity index (χ0v) is 11.2. The first-order chi connectivity index (χ1) is 10.4. The Balaban J connectivity index is 1.65. The lowest BCUT2D eigenvalue weighted by molar-refractivity contribution is 0.545. The molecule has 6 nitrogen and oxygen atoms in total. The third-order valence-corrected chi connectivity index (χ3v) is 3.28. The van der Waals surface area contributed by atoms with E-state index < -0.39 is 0 Å². The highest BCUT2D eigenvalue weighted by Gasteiger charge is 2.06. The summed E-state index contributed by atoms with van der Waals surface area (Å²) in [6, 6.07) is 13.7. The van der Waals surface area contributed by atoms with Crippen molar-refractivity contribution in [2.75, 3.05) is 0 Å². The summed E-state index contributed by atoms with van der Waals surface area (Å²) in [7, 11) is 0. The van der Waals surface area contributed by atoms with Crippen LogP contribution in [0, 0.1) is 0 Å². The zero-order valence-electron chi connectivity index (χ0n) is 11.2. The summed E-state index contributed by atoms with van der Waals surface area (Å²) in [6.07, 6.45) is 5.50. The van der Waals surface area contributed by atoms with Crippen molar-refractivity contribution in [3.05, 3.63) is 61.2 Å². The monoisotopic (exact) mass is 276 g/mol. The zero-order chi connectivity index (χ0) is 14.1. The van der Waals surface area contributed by atoms with Crippen molar-refractivity contribution < 1.29 is 0 Å². The SMILES string of the molecule is c1ccc(-c2cn(Cn3nnc4ccccc43)cn2)nc1. The van der Waals surface area contributed by atoms with Crippen LogP contribution in [0.15, 0.2) is 61.2 Å². The van der Waals surface area contributed by atoms with Gasteiger partial charge in [-0.25, -0.2) is 9.67 Å². The van der Waals surface area contributed by atoms with Crippen LogP contribution in [0.5, 0.6) is 0 Å². The Hall–Kier alpha value is -3.02. The number of hydrogen-bond donors (Lipinski definition) is 0. The van der Waals surface area contributed by atoms with Gasteiger partial charge in [-0.15, -0.1) is 5.10 Å². The summed E-state index contributed by atoms with van der Waals surface area (Å²) in [5.41, 5.74) is 3.60. The van der Waals surface area contributed by atoms with Crippen LogP contribution in [-0.2, 0) is 6.67 Å². The van der Waals surface area contributed by atoms with E-state index in [2.05, 4.69) is 20.3 Å². The molecule has 3 aromatic heterocycles. The Bertz CT molecular complexity index is 877. The van der Waals surface area contributed by atoms with Gasteiger partial charge in [0.15, 0.2) is 0 Å². The van der Waals surface area contributed by atoms with Gasteiger partial charge in [-0.2, -0.15) is 0 Å². The van der Waals surface area contributed by atoms with Crippen LogP contribution in [0.3, 0.4) is 0 Å². The predicted molar refractivity (Wildman–Crippen MR) is 78.4 cm³/mol. The first kappa shape index (κ1) is 11.8. The highest BCUT2D eigenvalue weighted by Crippen LogP contribution is 2.14. The maximum atomic E-state index is 4.39. The van der Waals surface area contributed by atoms with Gasteiger partial charge in [0.1, 0.15) is 17.9 Å². The van der Waals surface area contributed by atoms with E-state index >= 15 is 0 Å². The molecule has 3 heterocycles. The van der Waals surface area contributed by atoms with Crippen molar-refractivity contribution in [2.45, 2.75) is 6.67 Å².